The lowest BCUT2D eigenvalue weighted by molar-refractivity contribution is -0.177. The van der Waals surface area contributed by atoms with Gasteiger partial charge in [-0.3, -0.25) is 4.79 Å². The van der Waals surface area contributed by atoms with E-state index in [1.165, 1.54) is 24.8 Å². The molecule has 3 saturated carbocycles. The van der Waals surface area contributed by atoms with Crippen molar-refractivity contribution in [2.45, 2.75) is 38.0 Å². The summed E-state index contributed by atoms with van der Waals surface area (Å²) >= 11 is 0. The molecule has 1 N–H and O–H groups in total. The number of fused-ring (bicyclic) bond motifs is 1. The van der Waals surface area contributed by atoms with Gasteiger partial charge in [-0.05, 0) is 43.4 Å². The van der Waals surface area contributed by atoms with Gasteiger partial charge in [0.1, 0.15) is 0 Å². The molecule has 0 radical (unpaired) electrons. The van der Waals surface area contributed by atoms with Crippen LogP contribution in [-0.4, -0.2) is 29.6 Å². The number of ether oxygens (including phenoxy) is 1. The lowest BCUT2D eigenvalue weighted by Gasteiger charge is -2.54. The van der Waals surface area contributed by atoms with Crippen LogP contribution in [0.2, 0.25) is 0 Å². The first-order valence-corrected chi connectivity index (χ1v) is 6.85. The van der Waals surface area contributed by atoms with Crippen LogP contribution in [-0.2, 0) is 14.3 Å². The number of hydrogen-bond acceptors (Lipinski definition) is 3. The second kappa shape index (κ2) is 4.53. The average Bonchev–Trinajstić information content (AvgIpc) is 2.35. The van der Waals surface area contributed by atoms with E-state index in [1.54, 1.807) is 0 Å². The van der Waals surface area contributed by atoms with E-state index >= 15 is 0 Å². The molecule has 6 heteroatoms. The quantitative estimate of drug-likeness (QED) is 0.622. The zero-order valence-electron chi connectivity index (χ0n) is 10.9. The van der Waals surface area contributed by atoms with E-state index in [4.69, 9.17) is 5.11 Å². The lowest BCUT2D eigenvalue weighted by Crippen LogP contribution is -2.42. The van der Waals surface area contributed by atoms with Crippen molar-refractivity contribution in [1.82, 2.24) is 0 Å². The molecule has 0 saturated heterocycles. The second-order valence-corrected chi connectivity index (χ2v) is 6.08. The van der Waals surface area contributed by atoms with Crippen LogP contribution in [0, 0.1) is 17.8 Å². The third-order valence-corrected chi connectivity index (χ3v) is 4.71. The van der Waals surface area contributed by atoms with Crippen molar-refractivity contribution in [1.29, 1.82) is 0 Å². The number of hydrogen-bond donors (Lipinski definition) is 1. The first kappa shape index (κ1) is 13.5. The molecule has 3 fully saturated rings. The van der Waals surface area contributed by atoms with Crippen molar-refractivity contribution in [2.24, 2.45) is 17.8 Å². The maximum Gasteiger partial charge on any atom is 0.378 e. The fraction of sp³-hybridized carbons (Fsp3) is 0.714. The smallest absolute Gasteiger partial charge is 0.378 e. The van der Waals surface area contributed by atoms with Crippen LogP contribution in [0.4, 0.5) is 8.78 Å². The number of carbonyl (C=O) groups excluding carboxylic acids is 1. The molecule has 0 spiro atoms. The van der Waals surface area contributed by atoms with Gasteiger partial charge >= 0.3 is 17.9 Å². The topological polar surface area (TPSA) is 63.6 Å². The first-order chi connectivity index (χ1) is 9.37. The second-order valence-electron chi connectivity index (χ2n) is 6.08. The minimum Gasteiger partial charge on any atom is -0.477 e. The summed E-state index contributed by atoms with van der Waals surface area (Å²) in [5, 5.41) is 8.25. The number of carboxylic acid groups (broad SMARTS) is 1. The average molecular weight is 286 g/mol. The Hall–Kier alpha value is -1.46. The van der Waals surface area contributed by atoms with E-state index in [0.29, 0.717) is 17.8 Å². The van der Waals surface area contributed by atoms with E-state index in [0.717, 1.165) is 12.0 Å². The normalized spacial score (nSPS) is 31.0. The van der Waals surface area contributed by atoms with Crippen LogP contribution in [0.15, 0.2) is 11.1 Å². The highest BCUT2D eigenvalue weighted by Crippen LogP contribution is 2.59. The minimum absolute atomic E-state index is 0.0362. The highest BCUT2D eigenvalue weighted by molar-refractivity contribution is 5.77. The summed E-state index contributed by atoms with van der Waals surface area (Å²) in [6.07, 6.45) is 4.49. The Kier molecular flexibility index (Phi) is 3.06. The fourth-order valence-electron chi connectivity index (χ4n) is 3.96. The van der Waals surface area contributed by atoms with Crippen LogP contribution >= 0.6 is 0 Å². The van der Waals surface area contributed by atoms with Crippen LogP contribution in [0.1, 0.15) is 32.1 Å². The van der Waals surface area contributed by atoms with E-state index in [2.05, 4.69) is 4.74 Å². The van der Waals surface area contributed by atoms with Gasteiger partial charge in [0.15, 0.2) is 6.61 Å². The molecule has 4 nitrogen and oxygen atoms in total. The molecule has 0 aromatic heterocycles. The van der Waals surface area contributed by atoms with Gasteiger partial charge in [-0.2, -0.15) is 8.78 Å². The zero-order valence-corrected chi connectivity index (χ0v) is 10.9. The lowest BCUT2D eigenvalue weighted by atomic mass is 9.51. The van der Waals surface area contributed by atoms with E-state index in [-0.39, 0.29) is 6.42 Å². The Morgan fingerprint density at radius 3 is 2.45 bits per heavy atom. The van der Waals surface area contributed by atoms with Crippen LogP contribution in [0.25, 0.3) is 0 Å². The van der Waals surface area contributed by atoms with E-state index in [1.807, 2.05) is 0 Å². The number of carbonyl (C=O) groups is 2. The molecule has 5 aliphatic carbocycles. The minimum atomic E-state index is -4.01. The van der Waals surface area contributed by atoms with Crippen molar-refractivity contribution in [3.63, 3.8) is 0 Å². The Morgan fingerprint density at radius 1 is 1.25 bits per heavy atom. The number of carboxylic acids is 1. The Labute approximate surface area is 114 Å². The number of alkyl halides is 2. The predicted molar refractivity (Wildman–Crippen MR) is 64.1 cm³/mol. The van der Waals surface area contributed by atoms with Crippen molar-refractivity contribution in [3.8, 4) is 0 Å². The van der Waals surface area contributed by atoms with Crippen LogP contribution < -0.4 is 0 Å². The maximum atomic E-state index is 12.8. The molecule has 2 atom stereocenters. The van der Waals surface area contributed by atoms with Gasteiger partial charge in [0.25, 0.3) is 0 Å². The molecule has 0 heterocycles. The van der Waals surface area contributed by atoms with Gasteiger partial charge in [0.05, 0.1) is 6.42 Å². The molecule has 0 aromatic rings. The van der Waals surface area contributed by atoms with Gasteiger partial charge < -0.3 is 9.84 Å². The molecular weight excluding hydrogens is 270 g/mol. The Morgan fingerprint density at radius 2 is 1.90 bits per heavy atom. The van der Waals surface area contributed by atoms with Crippen LogP contribution in [0.3, 0.4) is 0 Å². The van der Waals surface area contributed by atoms with Crippen LogP contribution in [0.5, 0.6) is 0 Å². The van der Waals surface area contributed by atoms with Crippen molar-refractivity contribution in [2.75, 3.05) is 6.61 Å². The Balaban J connectivity index is 1.57. The molecule has 5 rings (SSSR count). The maximum absolute atomic E-state index is 12.8. The number of halogens is 2. The highest BCUT2D eigenvalue weighted by Gasteiger charge is 2.48. The van der Waals surface area contributed by atoms with Gasteiger partial charge in [0, 0.05) is 0 Å². The third-order valence-electron chi connectivity index (χ3n) is 4.71. The fourth-order valence-corrected chi connectivity index (χ4v) is 3.96. The molecule has 5 aliphatic rings. The summed E-state index contributed by atoms with van der Waals surface area (Å²) in [7, 11) is 0. The molecule has 4 bridgehead atoms. The number of rotatable bonds is 5. The molecular formula is C14H16F2O4. The summed E-state index contributed by atoms with van der Waals surface area (Å²) in [6, 6.07) is 0. The third kappa shape index (κ3) is 2.21. The molecule has 0 aliphatic heterocycles. The standard InChI is InChI=1S/C14H16F2O4/c15-14(16,13(18)19)6-20-11(17)5-10-3-7-1-8-4-9(2-7)12(8)10/h7-9H,1-6H2,(H,18,19). The highest BCUT2D eigenvalue weighted by atomic mass is 19.3. The SMILES string of the molecule is O=C(CC1=C2C3CC(C1)CC2C3)OCC(F)(F)C(=O)O. The van der Waals surface area contributed by atoms with Crippen molar-refractivity contribution in [3.05, 3.63) is 11.1 Å². The van der Waals surface area contributed by atoms with Gasteiger partial charge in [-0.1, -0.05) is 11.1 Å². The molecule has 0 aromatic carbocycles. The summed E-state index contributed by atoms with van der Waals surface area (Å²) in [4.78, 5) is 21.8. The van der Waals surface area contributed by atoms with Crippen molar-refractivity contribution < 1.29 is 28.2 Å². The summed E-state index contributed by atoms with van der Waals surface area (Å²) in [6.45, 7) is -1.39. The monoisotopic (exact) mass is 286 g/mol. The zero-order chi connectivity index (χ0) is 14.5. The number of esters is 1. The molecule has 20 heavy (non-hydrogen) atoms. The first-order valence-electron chi connectivity index (χ1n) is 6.85. The molecule has 2 unspecified atom stereocenters. The van der Waals surface area contributed by atoms with Gasteiger partial charge in [0.2, 0.25) is 0 Å². The number of allylic oxidation sites excluding steroid dienone is 1. The van der Waals surface area contributed by atoms with Gasteiger partial charge in [-0.25, -0.2) is 4.79 Å². The summed E-state index contributed by atoms with van der Waals surface area (Å²) in [5.41, 5.74) is 2.41. The van der Waals surface area contributed by atoms with E-state index in [9.17, 15) is 18.4 Å². The van der Waals surface area contributed by atoms with E-state index < -0.39 is 24.5 Å². The van der Waals surface area contributed by atoms with Gasteiger partial charge in [-0.15, -0.1) is 0 Å². The number of aliphatic carboxylic acids is 1. The summed E-state index contributed by atoms with van der Waals surface area (Å²) < 4.78 is 30.1. The molecule has 110 valence electrons. The summed E-state index contributed by atoms with van der Waals surface area (Å²) in [5.74, 6) is -5.22. The molecule has 0 amide bonds. The predicted octanol–water partition coefficient (Wildman–Crippen LogP) is 2.39. The Bertz CT molecular complexity index is 483. The largest absolute Gasteiger partial charge is 0.477 e. The van der Waals surface area contributed by atoms with Crippen molar-refractivity contribution >= 4 is 11.9 Å².